The monoisotopic (exact) mass is 354 g/mol. The molecule has 0 amide bonds. The van der Waals surface area contributed by atoms with Crippen LogP contribution in [0.3, 0.4) is 0 Å². The van der Waals surface area contributed by atoms with E-state index < -0.39 is 0 Å². The SMILES string of the molecule is CCC=C1CC[C@H]2[C@@H]3CC(C=O)=C4CC(OCC)C=C[C@@H]4[C@H]3CC[C@]12C. The summed E-state index contributed by atoms with van der Waals surface area (Å²) < 4.78 is 5.84. The Bertz CT molecular complexity index is 655. The molecule has 6 atom stereocenters. The summed E-state index contributed by atoms with van der Waals surface area (Å²) in [4.78, 5) is 12.0. The van der Waals surface area contributed by atoms with Crippen LogP contribution in [0.5, 0.6) is 0 Å². The van der Waals surface area contributed by atoms with Crippen molar-refractivity contribution in [2.75, 3.05) is 6.61 Å². The fourth-order valence-electron chi connectivity index (χ4n) is 6.85. The molecule has 0 aromatic heterocycles. The lowest BCUT2D eigenvalue weighted by Gasteiger charge is -2.52. The van der Waals surface area contributed by atoms with Crippen LogP contribution in [-0.4, -0.2) is 19.0 Å². The molecule has 0 heterocycles. The van der Waals surface area contributed by atoms with Crippen LogP contribution in [0.2, 0.25) is 0 Å². The number of rotatable bonds is 4. The quantitative estimate of drug-likeness (QED) is 0.482. The molecule has 0 saturated heterocycles. The van der Waals surface area contributed by atoms with Gasteiger partial charge in [0.15, 0.2) is 0 Å². The highest BCUT2D eigenvalue weighted by Crippen LogP contribution is 2.63. The largest absolute Gasteiger partial charge is 0.374 e. The van der Waals surface area contributed by atoms with E-state index >= 15 is 0 Å². The number of hydrogen-bond donors (Lipinski definition) is 0. The van der Waals surface area contributed by atoms with Crippen LogP contribution in [0.4, 0.5) is 0 Å². The van der Waals surface area contributed by atoms with E-state index in [1.807, 2.05) is 0 Å². The van der Waals surface area contributed by atoms with Crippen LogP contribution >= 0.6 is 0 Å². The lowest BCUT2D eigenvalue weighted by Crippen LogP contribution is -2.45. The highest BCUT2D eigenvalue weighted by molar-refractivity contribution is 5.75. The molecule has 26 heavy (non-hydrogen) atoms. The van der Waals surface area contributed by atoms with Crippen LogP contribution in [-0.2, 0) is 9.53 Å². The van der Waals surface area contributed by atoms with Gasteiger partial charge in [-0.3, -0.25) is 4.79 Å². The summed E-state index contributed by atoms with van der Waals surface area (Å²) in [5.41, 5.74) is 4.59. The number of ether oxygens (including phenoxy) is 1. The molecule has 0 spiro atoms. The Hall–Kier alpha value is -1.15. The van der Waals surface area contributed by atoms with Gasteiger partial charge in [-0.05, 0) is 80.6 Å². The van der Waals surface area contributed by atoms with Crippen molar-refractivity contribution in [3.63, 3.8) is 0 Å². The zero-order valence-corrected chi connectivity index (χ0v) is 16.7. The maximum atomic E-state index is 12.0. The predicted molar refractivity (Wildman–Crippen MR) is 106 cm³/mol. The Kier molecular flexibility index (Phi) is 4.98. The minimum absolute atomic E-state index is 0.164. The van der Waals surface area contributed by atoms with E-state index in [-0.39, 0.29) is 6.10 Å². The zero-order chi connectivity index (χ0) is 18.3. The van der Waals surface area contributed by atoms with Crippen LogP contribution in [0.15, 0.2) is 34.9 Å². The molecule has 4 aliphatic rings. The molecule has 2 heteroatoms. The summed E-state index contributed by atoms with van der Waals surface area (Å²) in [6.07, 6.45) is 16.8. The van der Waals surface area contributed by atoms with Gasteiger partial charge in [-0.15, -0.1) is 0 Å². The van der Waals surface area contributed by atoms with Crippen molar-refractivity contribution in [3.05, 3.63) is 34.9 Å². The fourth-order valence-corrected chi connectivity index (χ4v) is 6.85. The van der Waals surface area contributed by atoms with Crippen molar-refractivity contribution < 1.29 is 9.53 Å². The van der Waals surface area contributed by atoms with Crippen LogP contribution in [0, 0.1) is 29.1 Å². The lowest BCUT2D eigenvalue weighted by molar-refractivity contribution is -0.105. The first-order chi connectivity index (χ1) is 12.6. The van der Waals surface area contributed by atoms with Gasteiger partial charge in [-0.2, -0.15) is 0 Å². The molecule has 2 nitrogen and oxygen atoms in total. The van der Waals surface area contributed by atoms with Gasteiger partial charge in [0, 0.05) is 12.5 Å². The van der Waals surface area contributed by atoms with E-state index in [9.17, 15) is 4.79 Å². The van der Waals surface area contributed by atoms with Crippen molar-refractivity contribution in [1.29, 1.82) is 0 Å². The number of aldehydes is 1. The van der Waals surface area contributed by atoms with Gasteiger partial charge < -0.3 is 4.74 Å². The smallest absolute Gasteiger partial charge is 0.146 e. The van der Waals surface area contributed by atoms with Crippen molar-refractivity contribution in [2.45, 2.75) is 71.8 Å². The molecule has 0 aromatic carbocycles. The lowest BCUT2D eigenvalue weighted by atomic mass is 9.52. The van der Waals surface area contributed by atoms with Crippen molar-refractivity contribution in [3.8, 4) is 0 Å². The maximum Gasteiger partial charge on any atom is 0.146 e. The van der Waals surface area contributed by atoms with E-state index in [4.69, 9.17) is 4.74 Å². The Balaban J connectivity index is 1.66. The molecule has 0 aromatic rings. The number of carbonyl (C=O) groups is 1. The maximum absolute atomic E-state index is 12.0. The first-order valence-electron chi connectivity index (χ1n) is 10.8. The normalized spacial score (nSPS) is 43.2. The zero-order valence-electron chi connectivity index (χ0n) is 16.7. The van der Waals surface area contributed by atoms with E-state index in [0.717, 1.165) is 43.3 Å². The predicted octanol–water partition coefficient (Wildman–Crippen LogP) is 5.65. The molecular formula is C24H34O2. The molecule has 1 unspecified atom stereocenters. The van der Waals surface area contributed by atoms with E-state index in [1.54, 1.807) is 5.57 Å². The van der Waals surface area contributed by atoms with Crippen LogP contribution < -0.4 is 0 Å². The van der Waals surface area contributed by atoms with Crippen molar-refractivity contribution >= 4 is 6.29 Å². The molecule has 0 aliphatic heterocycles. The summed E-state index contributed by atoms with van der Waals surface area (Å²) in [5, 5.41) is 0. The minimum Gasteiger partial charge on any atom is -0.374 e. The summed E-state index contributed by atoms with van der Waals surface area (Å²) in [5.74, 6) is 2.65. The highest BCUT2D eigenvalue weighted by Gasteiger charge is 2.54. The van der Waals surface area contributed by atoms with Gasteiger partial charge >= 0.3 is 0 Å². The fraction of sp³-hybridized carbons (Fsp3) is 0.708. The van der Waals surface area contributed by atoms with Gasteiger partial charge in [-0.25, -0.2) is 0 Å². The minimum atomic E-state index is 0.164. The van der Waals surface area contributed by atoms with Crippen LogP contribution in [0.1, 0.15) is 65.7 Å². The number of carbonyl (C=O) groups excluding carboxylic acids is 1. The average molecular weight is 355 g/mol. The molecule has 0 N–H and O–H groups in total. The Labute approximate surface area is 158 Å². The Morgan fingerprint density at radius 1 is 1.19 bits per heavy atom. The summed E-state index contributed by atoms with van der Waals surface area (Å²) in [6.45, 7) is 7.57. The van der Waals surface area contributed by atoms with Gasteiger partial charge in [0.1, 0.15) is 6.29 Å². The third kappa shape index (κ3) is 2.76. The first kappa shape index (κ1) is 18.2. The van der Waals surface area contributed by atoms with Crippen molar-refractivity contribution in [2.24, 2.45) is 29.1 Å². The highest BCUT2D eigenvalue weighted by atomic mass is 16.5. The first-order valence-corrected chi connectivity index (χ1v) is 10.8. The standard InChI is InChI=1S/C24H34O2/c1-4-6-17-7-10-23-22-13-16(15-25)21-14-18(26-5-2)8-9-19(21)20(22)11-12-24(17,23)3/h6,8-9,15,18-20,22-23H,4-5,7,10-14H2,1-3H3/t18?,19-,20-,22-,23+,24-/m1/s1. The molecule has 0 bridgehead atoms. The molecular weight excluding hydrogens is 320 g/mol. The van der Waals surface area contributed by atoms with Gasteiger partial charge in [0.25, 0.3) is 0 Å². The molecule has 2 saturated carbocycles. The average Bonchev–Trinajstić information content (AvgIpc) is 2.98. The second-order valence-corrected chi connectivity index (χ2v) is 9.05. The van der Waals surface area contributed by atoms with Gasteiger partial charge in [-0.1, -0.05) is 43.2 Å². The second kappa shape index (κ2) is 7.11. The Morgan fingerprint density at radius 3 is 2.77 bits per heavy atom. The number of hydrogen-bond acceptors (Lipinski definition) is 2. The van der Waals surface area contributed by atoms with Gasteiger partial charge in [0.05, 0.1) is 6.10 Å². The third-order valence-electron chi connectivity index (χ3n) is 8.00. The molecule has 4 rings (SSSR count). The number of allylic oxidation sites excluding steroid dienone is 4. The van der Waals surface area contributed by atoms with Gasteiger partial charge in [0.2, 0.25) is 0 Å². The number of fused-ring (bicyclic) bond motifs is 5. The Morgan fingerprint density at radius 2 is 2.04 bits per heavy atom. The topological polar surface area (TPSA) is 26.3 Å². The molecule has 2 fully saturated rings. The molecule has 0 radical (unpaired) electrons. The summed E-state index contributed by atoms with van der Waals surface area (Å²) in [6, 6.07) is 0. The van der Waals surface area contributed by atoms with Crippen molar-refractivity contribution in [1.82, 2.24) is 0 Å². The molecule has 142 valence electrons. The van der Waals surface area contributed by atoms with E-state index in [2.05, 4.69) is 39.0 Å². The summed E-state index contributed by atoms with van der Waals surface area (Å²) >= 11 is 0. The van der Waals surface area contributed by atoms with Crippen LogP contribution in [0.25, 0.3) is 0 Å². The summed E-state index contributed by atoms with van der Waals surface area (Å²) in [7, 11) is 0. The van der Waals surface area contributed by atoms with E-state index in [0.29, 0.717) is 17.3 Å². The molecule has 4 aliphatic carbocycles. The van der Waals surface area contributed by atoms with E-state index in [1.165, 1.54) is 37.5 Å². The third-order valence-corrected chi connectivity index (χ3v) is 8.00. The second-order valence-electron chi connectivity index (χ2n) is 9.05.